The average molecular weight is 342 g/mol. The highest BCUT2D eigenvalue weighted by Crippen LogP contribution is 2.17. The average Bonchev–Trinajstić information content (AvgIpc) is 2.60. The number of nitrogens with one attached hydrogen (secondary N) is 1. The molecule has 6 nitrogen and oxygen atoms in total. The third-order valence-electron chi connectivity index (χ3n) is 3.50. The zero-order valence-electron chi connectivity index (χ0n) is 14.4. The van der Waals surface area contributed by atoms with E-state index in [9.17, 15) is 14.7 Å². The molecule has 0 aliphatic heterocycles. The molecule has 2 aromatic rings. The first kappa shape index (κ1) is 18.5. The van der Waals surface area contributed by atoms with Crippen molar-refractivity contribution in [3.8, 4) is 5.75 Å². The van der Waals surface area contributed by atoms with Crippen molar-refractivity contribution >= 4 is 17.6 Å². The summed E-state index contributed by atoms with van der Waals surface area (Å²) in [7, 11) is 3.90. The smallest absolute Gasteiger partial charge is 0.338 e. The van der Waals surface area contributed by atoms with Crippen LogP contribution in [0, 0.1) is 0 Å². The summed E-state index contributed by atoms with van der Waals surface area (Å²) in [6.07, 6.45) is 0.723. The van der Waals surface area contributed by atoms with E-state index >= 15 is 0 Å². The quantitative estimate of drug-likeness (QED) is 0.459. The van der Waals surface area contributed by atoms with E-state index in [1.807, 2.05) is 19.0 Å². The predicted octanol–water partition coefficient (Wildman–Crippen LogP) is 2.75. The lowest BCUT2D eigenvalue weighted by atomic mass is 10.1. The number of anilines is 1. The van der Waals surface area contributed by atoms with Gasteiger partial charge in [0, 0.05) is 12.2 Å². The summed E-state index contributed by atoms with van der Waals surface area (Å²) in [5.74, 6) is -0.818. The van der Waals surface area contributed by atoms with Gasteiger partial charge < -0.3 is 20.1 Å². The molecule has 0 unspecified atom stereocenters. The lowest BCUT2D eigenvalue weighted by Crippen LogP contribution is -2.19. The number of nitrogens with zero attached hydrogens (tertiary/aromatic N) is 1. The largest absolute Gasteiger partial charge is 0.508 e. The molecule has 0 aromatic heterocycles. The van der Waals surface area contributed by atoms with E-state index in [1.54, 1.807) is 36.4 Å². The SMILES string of the molecule is CN(C)CCCOC(=O)c1ccccc1C(=O)Nc1ccc(O)cc1. The number of rotatable bonds is 7. The third-order valence-corrected chi connectivity index (χ3v) is 3.50. The number of carbonyl (C=O) groups is 2. The van der Waals surface area contributed by atoms with Crippen molar-refractivity contribution in [3.63, 3.8) is 0 Å². The molecule has 0 aliphatic rings. The van der Waals surface area contributed by atoms with Crippen molar-refractivity contribution in [1.29, 1.82) is 0 Å². The van der Waals surface area contributed by atoms with Crippen LogP contribution < -0.4 is 5.32 Å². The molecule has 0 aliphatic carbocycles. The monoisotopic (exact) mass is 342 g/mol. The van der Waals surface area contributed by atoms with E-state index < -0.39 is 11.9 Å². The predicted molar refractivity (Wildman–Crippen MR) is 96.0 cm³/mol. The van der Waals surface area contributed by atoms with Crippen LogP contribution in [0.25, 0.3) is 0 Å². The van der Waals surface area contributed by atoms with Gasteiger partial charge in [-0.2, -0.15) is 0 Å². The number of hydrogen-bond donors (Lipinski definition) is 2. The van der Waals surface area contributed by atoms with Gasteiger partial charge in [0.2, 0.25) is 0 Å². The van der Waals surface area contributed by atoms with Crippen LogP contribution in [-0.4, -0.2) is 49.1 Å². The Morgan fingerprint density at radius 1 is 1.04 bits per heavy atom. The molecule has 25 heavy (non-hydrogen) atoms. The minimum Gasteiger partial charge on any atom is -0.508 e. The molecule has 2 aromatic carbocycles. The third kappa shape index (κ3) is 5.61. The molecule has 0 saturated carbocycles. The number of amides is 1. The van der Waals surface area contributed by atoms with Gasteiger partial charge in [-0.25, -0.2) is 4.79 Å². The van der Waals surface area contributed by atoms with E-state index in [-0.39, 0.29) is 16.9 Å². The van der Waals surface area contributed by atoms with E-state index in [2.05, 4.69) is 5.32 Å². The number of carbonyl (C=O) groups excluding carboxylic acids is 2. The van der Waals surface area contributed by atoms with Gasteiger partial charge in [-0.05, 0) is 56.9 Å². The maximum Gasteiger partial charge on any atom is 0.338 e. The molecule has 0 saturated heterocycles. The number of phenolic OH excluding ortho intramolecular Hbond substituents is 1. The second-order valence-electron chi connectivity index (χ2n) is 5.84. The Bertz CT molecular complexity index is 726. The standard InChI is InChI=1S/C19H22N2O4/c1-21(2)12-5-13-25-19(24)17-7-4-3-6-16(17)18(23)20-14-8-10-15(22)11-9-14/h3-4,6-11,22H,5,12-13H2,1-2H3,(H,20,23). The molecule has 0 bridgehead atoms. The van der Waals surface area contributed by atoms with Crippen LogP contribution in [-0.2, 0) is 4.74 Å². The van der Waals surface area contributed by atoms with Gasteiger partial charge in [0.05, 0.1) is 17.7 Å². The Labute approximate surface area is 147 Å². The topological polar surface area (TPSA) is 78.9 Å². The Balaban J connectivity index is 2.04. The van der Waals surface area contributed by atoms with Crippen LogP contribution in [0.1, 0.15) is 27.1 Å². The molecule has 0 atom stereocenters. The lowest BCUT2D eigenvalue weighted by Gasteiger charge is -2.12. The fraction of sp³-hybridized carbons (Fsp3) is 0.263. The molecule has 132 valence electrons. The molecular weight excluding hydrogens is 320 g/mol. The number of ether oxygens (including phenoxy) is 1. The van der Waals surface area contributed by atoms with Crippen LogP contribution >= 0.6 is 0 Å². The molecule has 0 radical (unpaired) electrons. The number of phenols is 1. The summed E-state index contributed by atoms with van der Waals surface area (Å²) in [5, 5.41) is 12.0. The normalized spacial score (nSPS) is 10.5. The highest BCUT2D eigenvalue weighted by Gasteiger charge is 2.18. The molecule has 0 fully saturated rings. The van der Waals surface area contributed by atoms with Crippen LogP contribution in [0.5, 0.6) is 5.75 Å². The molecule has 1 amide bonds. The maximum absolute atomic E-state index is 12.5. The van der Waals surface area contributed by atoms with Crippen molar-refractivity contribution in [2.45, 2.75) is 6.42 Å². The highest BCUT2D eigenvalue weighted by molar-refractivity contribution is 6.11. The first-order chi connectivity index (χ1) is 12.0. The van der Waals surface area contributed by atoms with Gasteiger partial charge in [0.1, 0.15) is 5.75 Å². The summed E-state index contributed by atoms with van der Waals surface area (Å²) in [5.41, 5.74) is 0.994. The Hall–Kier alpha value is -2.86. The zero-order valence-corrected chi connectivity index (χ0v) is 14.4. The van der Waals surface area contributed by atoms with Crippen molar-refractivity contribution in [1.82, 2.24) is 4.90 Å². The second-order valence-corrected chi connectivity index (χ2v) is 5.84. The van der Waals surface area contributed by atoms with E-state index in [1.165, 1.54) is 12.1 Å². The van der Waals surface area contributed by atoms with Gasteiger partial charge in [-0.1, -0.05) is 12.1 Å². The van der Waals surface area contributed by atoms with Crippen LogP contribution in [0.3, 0.4) is 0 Å². The minimum absolute atomic E-state index is 0.111. The van der Waals surface area contributed by atoms with Crippen LogP contribution in [0.2, 0.25) is 0 Å². The molecule has 0 spiro atoms. The first-order valence-corrected chi connectivity index (χ1v) is 7.98. The van der Waals surface area contributed by atoms with E-state index in [0.717, 1.165) is 13.0 Å². The molecular formula is C19H22N2O4. The minimum atomic E-state index is -0.518. The highest BCUT2D eigenvalue weighted by atomic mass is 16.5. The molecule has 0 heterocycles. The van der Waals surface area contributed by atoms with Crippen molar-refractivity contribution in [3.05, 3.63) is 59.7 Å². The Kier molecular flexibility index (Phi) is 6.54. The van der Waals surface area contributed by atoms with Crippen molar-refractivity contribution in [2.75, 3.05) is 32.6 Å². The summed E-state index contributed by atoms with van der Waals surface area (Å²) in [6.45, 7) is 1.11. The number of hydrogen-bond acceptors (Lipinski definition) is 5. The van der Waals surface area contributed by atoms with Gasteiger partial charge in [-0.15, -0.1) is 0 Å². The second kappa shape index (κ2) is 8.84. The van der Waals surface area contributed by atoms with Crippen LogP contribution in [0.15, 0.2) is 48.5 Å². The summed E-state index contributed by atoms with van der Waals surface area (Å²) >= 11 is 0. The fourth-order valence-electron chi connectivity index (χ4n) is 2.23. The van der Waals surface area contributed by atoms with Gasteiger partial charge in [0.15, 0.2) is 0 Å². The van der Waals surface area contributed by atoms with Gasteiger partial charge in [0.25, 0.3) is 5.91 Å². The molecule has 6 heteroatoms. The number of benzene rings is 2. The first-order valence-electron chi connectivity index (χ1n) is 7.98. The van der Waals surface area contributed by atoms with Crippen molar-refractivity contribution < 1.29 is 19.4 Å². The zero-order chi connectivity index (χ0) is 18.2. The lowest BCUT2D eigenvalue weighted by molar-refractivity contribution is 0.0490. The molecule has 2 N–H and O–H groups in total. The van der Waals surface area contributed by atoms with E-state index in [4.69, 9.17) is 4.74 Å². The summed E-state index contributed by atoms with van der Waals surface area (Å²) in [4.78, 5) is 26.7. The summed E-state index contributed by atoms with van der Waals surface area (Å²) in [6, 6.07) is 12.6. The van der Waals surface area contributed by atoms with Crippen LogP contribution in [0.4, 0.5) is 5.69 Å². The van der Waals surface area contributed by atoms with E-state index in [0.29, 0.717) is 12.3 Å². The number of esters is 1. The Morgan fingerprint density at radius 3 is 2.32 bits per heavy atom. The van der Waals surface area contributed by atoms with Crippen molar-refractivity contribution in [2.24, 2.45) is 0 Å². The Morgan fingerprint density at radius 2 is 1.68 bits per heavy atom. The maximum atomic E-state index is 12.5. The fourth-order valence-corrected chi connectivity index (χ4v) is 2.23. The molecule has 2 rings (SSSR count). The number of aromatic hydroxyl groups is 1. The van der Waals surface area contributed by atoms with Gasteiger partial charge in [-0.3, -0.25) is 4.79 Å². The van der Waals surface area contributed by atoms with Gasteiger partial charge >= 0.3 is 5.97 Å². The summed E-state index contributed by atoms with van der Waals surface area (Å²) < 4.78 is 5.26.